The summed E-state index contributed by atoms with van der Waals surface area (Å²) >= 11 is 0. The van der Waals surface area contributed by atoms with E-state index in [1.165, 1.54) is 0 Å². The third kappa shape index (κ3) is 5.13. The first-order valence-electron chi connectivity index (χ1n) is 9.23. The summed E-state index contributed by atoms with van der Waals surface area (Å²) in [6, 6.07) is 7.97. The molecule has 1 aromatic heterocycles. The standard InChI is InChI=1S/C19H27N7O/c1-4-26-11-14(9-17(26)27)10-25(3)12-16-22-18(20)24-19(23-16)21-15-7-5-6-13(2)8-15/h5-8,14H,4,9-12H2,1-3H3,(H3,20,21,22,23,24)/t14-/m0/s1. The molecule has 0 spiro atoms. The molecule has 1 atom stereocenters. The lowest BCUT2D eigenvalue weighted by Gasteiger charge is -2.20. The van der Waals surface area contributed by atoms with Crippen LogP contribution in [0.25, 0.3) is 0 Å². The molecule has 0 aliphatic carbocycles. The molecular formula is C19H27N7O. The topological polar surface area (TPSA) is 100 Å². The molecule has 3 rings (SSSR count). The van der Waals surface area contributed by atoms with Gasteiger partial charge in [-0.2, -0.15) is 15.0 Å². The van der Waals surface area contributed by atoms with Gasteiger partial charge in [0.15, 0.2) is 0 Å². The number of carbonyl (C=O) groups is 1. The largest absolute Gasteiger partial charge is 0.368 e. The summed E-state index contributed by atoms with van der Waals surface area (Å²) in [5.41, 5.74) is 7.92. The molecular weight excluding hydrogens is 342 g/mol. The quantitative estimate of drug-likeness (QED) is 0.767. The Morgan fingerprint density at radius 2 is 2.15 bits per heavy atom. The summed E-state index contributed by atoms with van der Waals surface area (Å²) in [6.45, 7) is 7.00. The van der Waals surface area contributed by atoms with Gasteiger partial charge in [-0.3, -0.25) is 9.69 Å². The van der Waals surface area contributed by atoms with Gasteiger partial charge >= 0.3 is 0 Å². The molecule has 1 aliphatic rings. The maximum absolute atomic E-state index is 11.9. The summed E-state index contributed by atoms with van der Waals surface area (Å²) in [7, 11) is 2.01. The molecule has 1 aromatic carbocycles. The average Bonchev–Trinajstić information content (AvgIpc) is 2.93. The summed E-state index contributed by atoms with van der Waals surface area (Å²) in [4.78, 5) is 28.8. The van der Waals surface area contributed by atoms with Crippen molar-refractivity contribution in [3.8, 4) is 0 Å². The third-order valence-corrected chi connectivity index (χ3v) is 4.63. The Morgan fingerprint density at radius 3 is 2.85 bits per heavy atom. The normalized spacial score (nSPS) is 17.0. The lowest BCUT2D eigenvalue weighted by molar-refractivity contribution is -0.127. The highest BCUT2D eigenvalue weighted by atomic mass is 16.2. The predicted molar refractivity (Wildman–Crippen MR) is 105 cm³/mol. The van der Waals surface area contributed by atoms with Gasteiger partial charge in [-0.15, -0.1) is 0 Å². The number of nitrogens with two attached hydrogens (primary N) is 1. The van der Waals surface area contributed by atoms with E-state index in [9.17, 15) is 4.79 Å². The number of aryl methyl sites for hydroxylation is 1. The Balaban J connectivity index is 1.63. The Morgan fingerprint density at radius 1 is 1.33 bits per heavy atom. The van der Waals surface area contributed by atoms with Gasteiger partial charge in [0.1, 0.15) is 5.82 Å². The molecule has 0 saturated carbocycles. The number of nitrogens with zero attached hydrogens (tertiary/aromatic N) is 5. The molecule has 1 saturated heterocycles. The van der Waals surface area contributed by atoms with Crippen LogP contribution in [-0.2, 0) is 11.3 Å². The van der Waals surface area contributed by atoms with Crippen LogP contribution in [0.4, 0.5) is 17.6 Å². The average molecular weight is 369 g/mol. The second-order valence-corrected chi connectivity index (χ2v) is 7.13. The molecule has 1 fully saturated rings. The van der Waals surface area contributed by atoms with E-state index in [0.717, 1.165) is 30.9 Å². The molecule has 1 amide bonds. The fraction of sp³-hybridized carbons (Fsp3) is 0.474. The summed E-state index contributed by atoms with van der Waals surface area (Å²) < 4.78 is 0. The highest BCUT2D eigenvalue weighted by Gasteiger charge is 2.29. The van der Waals surface area contributed by atoms with Crippen molar-refractivity contribution >= 4 is 23.5 Å². The molecule has 144 valence electrons. The van der Waals surface area contributed by atoms with Crippen LogP contribution in [0.15, 0.2) is 24.3 Å². The number of hydrogen-bond donors (Lipinski definition) is 2. The first kappa shape index (κ1) is 19.0. The van der Waals surface area contributed by atoms with Gasteiger partial charge in [-0.05, 0) is 44.5 Å². The molecule has 3 N–H and O–H groups in total. The van der Waals surface area contributed by atoms with Crippen LogP contribution >= 0.6 is 0 Å². The van der Waals surface area contributed by atoms with E-state index in [4.69, 9.17) is 5.73 Å². The van der Waals surface area contributed by atoms with E-state index in [-0.39, 0.29) is 11.9 Å². The number of anilines is 3. The van der Waals surface area contributed by atoms with E-state index < -0.39 is 0 Å². The number of carbonyl (C=O) groups excluding carboxylic acids is 1. The number of nitrogen functional groups attached to an aromatic ring is 1. The second kappa shape index (κ2) is 8.30. The molecule has 27 heavy (non-hydrogen) atoms. The number of aromatic nitrogens is 3. The Kier molecular flexibility index (Phi) is 5.85. The molecule has 0 bridgehead atoms. The fourth-order valence-corrected chi connectivity index (χ4v) is 3.45. The maximum Gasteiger partial charge on any atom is 0.232 e. The van der Waals surface area contributed by atoms with E-state index in [0.29, 0.717) is 30.7 Å². The summed E-state index contributed by atoms with van der Waals surface area (Å²) in [6.07, 6.45) is 0.609. The fourth-order valence-electron chi connectivity index (χ4n) is 3.45. The molecule has 0 unspecified atom stereocenters. The van der Waals surface area contributed by atoms with Crippen molar-refractivity contribution in [1.29, 1.82) is 0 Å². The van der Waals surface area contributed by atoms with E-state index in [1.807, 2.05) is 50.1 Å². The first-order valence-corrected chi connectivity index (χ1v) is 9.23. The number of likely N-dealkylation sites (tertiary alicyclic amines) is 1. The first-order chi connectivity index (χ1) is 12.9. The molecule has 2 heterocycles. The lowest BCUT2D eigenvalue weighted by atomic mass is 10.1. The van der Waals surface area contributed by atoms with Gasteiger partial charge in [0, 0.05) is 31.7 Å². The van der Waals surface area contributed by atoms with Crippen LogP contribution in [0.5, 0.6) is 0 Å². The zero-order valence-electron chi connectivity index (χ0n) is 16.1. The van der Waals surface area contributed by atoms with Crippen molar-refractivity contribution < 1.29 is 4.79 Å². The zero-order chi connectivity index (χ0) is 19.4. The molecule has 1 aliphatic heterocycles. The highest BCUT2D eigenvalue weighted by molar-refractivity contribution is 5.78. The molecule has 0 radical (unpaired) electrons. The Hall–Kier alpha value is -2.74. The monoisotopic (exact) mass is 369 g/mol. The van der Waals surface area contributed by atoms with Gasteiger partial charge in [-0.1, -0.05) is 12.1 Å². The minimum atomic E-state index is 0.191. The van der Waals surface area contributed by atoms with E-state index >= 15 is 0 Å². The molecule has 8 heteroatoms. The minimum Gasteiger partial charge on any atom is -0.368 e. The van der Waals surface area contributed by atoms with Crippen LogP contribution in [-0.4, -0.2) is 57.3 Å². The van der Waals surface area contributed by atoms with E-state index in [1.54, 1.807) is 0 Å². The van der Waals surface area contributed by atoms with Crippen molar-refractivity contribution in [2.24, 2.45) is 5.92 Å². The molecule has 8 nitrogen and oxygen atoms in total. The lowest BCUT2D eigenvalue weighted by Crippen LogP contribution is -2.29. The van der Waals surface area contributed by atoms with Crippen LogP contribution in [0, 0.1) is 12.8 Å². The smallest absolute Gasteiger partial charge is 0.232 e. The number of rotatable bonds is 7. The second-order valence-electron chi connectivity index (χ2n) is 7.13. The summed E-state index contributed by atoms with van der Waals surface area (Å²) in [5.74, 6) is 1.81. The van der Waals surface area contributed by atoms with Crippen molar-refractivity contribution in [2.75, 3.05) is 37.7 Å². The number of amides is 1. The molecule has 2 aromatic rings. The van der Waals surface area contributed by atoms with E-state index in [2.05, 4.69) is 25.2 Å². The Labute approximate surface area is 159 Å². The highest BCUT2D eigenvalue weighted by Crippen LogP contribution is 2.19. The van der Waals surface area contributed by atoms with Gasteiger partial charge in [0.25, 0.3) is 0 Å². The van der Waals surface area contributed by atoms with Gasteiger partial charge < -0.3 is 16.0 Å². The maximum atomic E-state index is 11.9. The van der Waals surface area contributed by atoms with Crippen molar-refractivity contribution in [3.63, 3.8) is 0 Å². The van der Waals surface area contributed by atoms with Gasteiger partial charge in [-0.25, -0.2) is 0 Å². The van der Waals surface area contributed by atoms with Crippen molar-refractivity contribution in [1.82, 2.24) is 24.8 Å². The van der Waals surface area contributed by atoms with Crippen molar-refractivity contribution in [3.05, 3.63) is 35.7 Å². The number of nitrogens with one attached hydrogen (secondary N) is 1. The number of benzene rings is 1. The minimum absolute atomic E-state index is 0.191. The van der Waals surface area contributed by atoms with Crippen LogP contribution in [0.3, 0.4) is 0 Å². The number of hydrogen-bond acceptors (Lipinski definition) is 7. The van der Waals surface area contributed by atoms with Crippen LogP contribution < -0.4 is 11.1 Å². The Bertz CT molecular complexity index is 810. The van der Waals surface area contributed by atoms with Gasteiger partial charge in [0.05, 0.1) is 6.54 Å². The zero-order valence-corrected chi connectivity index (χ0v) is 16.1. The van der Waals surface area contributed by atoms with Crippen LogP contribution in [0.1, 0.15) is 24.7 Å². The third-order valence-electron chi connectivity index (χ3n) is 4.63. The predicted octanol–water partition coefficient (Wildman–Crippen LogP) is 1.81. The van der Waals surface area contributed by atoms with Gasteiger partial charge in [0.2, 0.25) is 17.8 Å². The van der Waals surface area contributed by atoms with Crippen LogP contribution in [0.2, 0.25) is 0 Å². The summed E-state index contributed by atoms with van der Waals surface area (Å²) in [5, 5.41) is 3.18. The SMILES string of the molecule is CCN1C[C@H](CN(C)Cc2nc(N)nc(Nc3cccc(C)c3)n2)CC1=O. The van der Waals surface area contributed by atoms with Crippen molar-refractivity contribution in [2.45, 2.75) is 26.8 Å².